The highest BCUT2D eigenvalue weighted by molar-refractivity contribution is 7.91. The smallest absolute Gasteiger partial charge is 0.357 e. The Morgan fingerprint density at radius 2 is 1.66 bits per heavy atom. The average molecular weight is 600 g/mol. The van der Waals surface area contributed by atoms with Gasteiger partial charge in [0.25, 0.3) is 5.56 Å². The second-order valence-electron chi connectivity index (χ2n) is 8.88. The van der Waals surface area contributed by atoms with Crippen LogP contribution in [0.25, 0.3) is 16.3 Å². The van der Waals surface area contributed by atoms with E-state index in [1.165, 1.54) is 56.9 Å². The lowest BCUT2D eigenvalue weighted by Crippen LogP contribution is -2.29. The summed E-state index contributed by atoms with van der Waals surface area (Å²) >= 11 is 1.25. The fourth-order valence-electron chi connectivity index (χ4n) is 4.26. The number of carbonyl (C=O) groups is 1. The topological polar surface area (TPSA) is 147 Å². The van der Waals surface area contributed by atoms with E-state index < -0.39 is 32.1 Å². The summed E-state index contributed by atoms with van der Waals surface area (Å²) in [6.07, 6.45) is 1.69. The number of methoxy groups -OCH3 is 3. The molecule has 11 nitrogen and oxygen atoms in total. The molecule has 4 aromatic rings. The molecule has 0 spiro atoms. The van der Waals surface area contributed by atoms with Crippen molar-refractivity contribution in [2.24, 2.45) is 0 Å². The molecule has 0 aliphatic carbocycles. The molecule has 0 amide bonds. The Morgan fingerprint density at radius 3 is 2.22 bits per heavy atom. The van der Waals surface area contributed by atoms with E-state index in [0.717, 1.165) is 11.0 Å². The molecule has 0 unspecified atom stereocenters. The van der Waals surface area contributed by atoms with Crippen molar-refractivity contribution in [3.8, 4) is 33.6 Å². The van der Waals surface area contributed by atoms with E-state index >= 15 is 0 Å². The van der Waals surface area contributed by atoms with Gasteiger partial charge in [-0.2, -0.15) is 4.98 Å². The number of carbonyl (C=O) groups excluding carboxylic acids is 1. The number of hydrogen-bond donors (Lipinski definition) is 1. The van der Waals surface area contributed by atoms with Crippen molar-refractivity contribution in [3.63, 3.8) is 0 Å². The standard InChI is InChI=1S/C28H29N3O8S2/c1-6-7-11-21-29-25(32)24(27(33)31(21)23-19(37-3)9-8-10-20(23)38-4)41(35,36)18-14-12-17(13-15-18)26-30-22(16(2)40-26)28(34)39-5/h8-10,12-15,32H,6-7,11H2,1-5H3. The van der Waals surface area contributed by atoms with Crippen molar-refractivity contribution in [3.05, 3.63) is 69.2 Å². The number of thiazole rings is 1. The first-order chi connectivity index (χ1) is 19.6. The summed E-state index contributed by atoms with van der Waals surface area (Å²) in [7, 11) is -0.449. The maximum atomic E-state index is 14.0. The van der Waals surface area contributed by atoms with Crippen LogP contribution in [0.5, 0.6) is 17.4 Å². The number of esters is 1. The number of aromatic hydroxyl groups is 1. The molecular weight excluding hydrogens is 570 g/mol. The molecule has 4 rings (SSSR count). The molecule has 2 heterocycles. The summed E-state index contributed by atoms with van der Waals surface area (Å²) < 4.78 is 44.4. The zero-order chi connectivity index (χ0) is 29.9. The molecule has 2 aromatic carbocycles. The van der Waals surface area contributed by atoms with Gasteiger partial charge in [-0.15, -0.1) is 11.3 Å². The summed E-state index contributed by atoms with van der Waals surface area (Å²) in [6, 6.07) is 10.5. The van der Waals surface area contributed by atoms with E-state index in [2.05, 4.69) is 9.97 Å². The van der Waals surface area contributed by atoms with Crippen molar-refractivity contribution in [2.45, 2.75) is 42.9 Å². The third-order valence-corrected chi connectivity index (χ3v) is 9.14. The summed E-state index contributed by atoms with van der Waals surface area (Å²) in [5, 5.41) is 11.3. The summed E-state index contributed by atoms with van der Waals surface area (Å²) in [6.45, 7) is 3.69. The third-order valence-electron chi connectivity index (χ3n) is 6.33. The number of rotatable bonds is 10. The molecule has 0 saturated heterocycles. The van der Waals surface area contributed by atoms with E-state index in [1.54, 1.807) is 25.1 Å². The first-order valence-corrected chi connectivity index (χ1v) is 14.9. The molecular formula is C28H29N3O8S2. The van der Waals surface area contributed by atoms with E-state index in [0.29, 0.717) is 21.9 Å². The molecule has 0 atom stereocenters. The quantitative estimate of drug-likeness (QED) is 0.261. The Kier molecular flexibility index (Phi) is 8.78. The zero-order valence-corrected chi connectivity index (χ0v) is 24.8. The molecule has 0 radical (unpaired) electrons. The van der Waals surface area contributed by atoms with Gasteiger partial charge in [0.2, 0.25) is 15.7 Å². The minimum atomic E-state index is -4.55. The molecule has 0 aliphatic heterocycles. The van der Waals surface area contributed by atoms with Crippen LogP contribution in [-0.4, -0.2) is 55.4 Å². The summed E-state index contributed by atoms with van der Waals surface area (Å²) in [4.78, 5) is 33.9. The number of ether oxygens (including phenoxy) is 3. The lowest BCUT2D eigenvalue weighted by atomic mass is 10.2. The Hall–Kier alpha value is -4.23. The number of hydrogen-bond acceptors (Lipinski definition) is 11. The van der Waals surface area contributed by atoms with Gasteiger partial charge >= 0.3 is 5.97 Å². The number of para-hydroxylation sites is 1. The molecule has 0 aliphatic rings. The first kappa shape index (κ1) is 29.7. The number of aromatic nitrogens is 3. The Labute approximate surface area is 240 Å². The SMILES string of the molecule is CCCCc1nc(O)c(S(=O)(=O)c2ccc(-c3nc(C(=O)OC)c(C)s3)cc2)c(=O)n1-c1c(OC)cccc1OC. The average Bonchev–Trinajstić information content (AvgIpc) is 3.36. The monoisotopic (exact) mass is 599 g/mol. The molecule has 216 valence electrons. The second-order valence-corrected chi connectivity index (χ2v) is 12.0. The van der Waals surface area contributed by atoms with Crippen molar-refractivity contribution in [1.29, 1.82) is 0 Å². The fraction of sp³-hybridized carbons (Fsp3) is 0.286. The van der Waals surface area contributed by atoms with Gasteiger partial charge in [-0.25, -0.2) is 18.2 Å². The minimum absolute atomic E-state index is 0.159. The van der Waals surface area contributed by atoms with Crippen LogP contribution in [0.4, 0.5) is 0 Å². The van der Waals surface area contributed by atoms with Gasteiger partial charge in [0, 0.05) is 16.9 Å². The lowest BCUT2D eigenvalue weighted by Gasteiger charge is -2.19. The van der Waals surface area contributed by atoms with Crippen LogP contribution in [0, 0.1) is 6.92 Å². The maximum Gasteiger partial charge on any atom is 0.357 e. The maximum absolute atomic E-state index is 14.0. The normalized spacial score (nSPS) is 11.3. The van der Waals surface area contributed by atoms with Crippen LogP contribution in [-0.2, 0) is 21.0 Å². The summed E-state index contributed by atoms with van der Waals surface area (Å²) in [5.74, 6) is -0.790. The Morgan fingerprint density at radius 1 is 1.02 bits per heavy atom. The number of sulfone groups is 1. The predicted octanol–water partition coefficient (Wildman–Crippen LogP) is 4.35. The highest BCUT2D eigenvalue weighted by atomic mass is 32.2. The van der Waals surface area contributed by atoms with Gasteiger partial charge in [-0.05, 0) is 37.6 Å². The zero-order valence-electron chi connectivity index (χ0n) is 23.1. The van der Waals surface area contributed by atoms with Gasteiger partial charge in [0.15, 0.2) is 10.6 Å². The molecule has 0 fully saturated rings. The molecule has 13 heteroatoms. The van der Waals surface area contributed by atoms with Crippen LogP contribution in [0.2, 0.25) is 0 Å². The van der Waals surface area contributed by atoms with Crippen LogP contribution in [0.15, 0.2) is 57.1 Å². The van der Waals surface area contributed by atoms with Gasteiger partial charge in [0.05, 0.1) is 26.2 Å². The summed E-state index contributed by atoms with van der Waals surface area (Å²) in [5.41, 5.74) is -0.0847. The molecule has 2 aromatic heterocycles. The van der Waals surface area contributed by atoms with E-state index in [9.17, 15) is 23.1 Å². The molecule has 41 heavy (non-hydrogen) atoms. The molecule has 0 bridgehead atoms. The number of unbranched alkanes of at least 4 members (excludes halogenated alkanes) is 1. The van der Waals surface area contributed by atoms with Crippen molar-refractivity contribution in [1.82, 2.24) is 14.5 Å². The van der Waals surface area contributed by atoms with Gasteiger partial charge in [-0.3, -0.25) is 9.36 Å². The second kappa shape index (κ2) is 12.1. The van der Waals surface area contributed by atoms with Gasteiger partial charge in [-0.1, -0.05) is 31.5 Å². The van der Waals surface area contributed by atoms with Crippen molar-refractivity contribution < 1.29 is 32.5 Å². The number of nitrogens with zero attached hydrogens (tertiary/aromatic N) is 3. The van der Waals surface area contributed by atoms with Gasteiger partial charge in [0.1, 0.15) is 28.0 Å². The van der Waals surface area contributed by atoms with Crippen molar-refractivity contribution in [2.75, 3.05) is 21.3 Å². The van der Waals surface area contributed by atoms with E-state index in [4.69, 9.17) is 14.2 Å². The highest BCUT2D eigenvalue weighted by Crippen LogP contribution is 2.35. The molecule has 1 N–H and O–H groups in total. The Bertz CT molecular complexity index is 1740. The number of aryl methyl sites for hydroxylation is 2. The largest absolute Gasteiger partial charge is 0.494 e. The lowest BCUT2D eigenvalue weighted by molar-refractivity contribution is 0.0594. The minimum Gasteiger partial charge on any atom is -0.494 e. The van der Waals surface area contributed by atoms with Crippen molar-refractivity contribution >= 4 is 27.1 Å². The highest BCUT2D eigenvalue weighted by Gasteiger charge is 2.31. The molecule has 0 saturated carbocycles. The van der Waals surface area contributed by atoms with Crippen LogP contribution in [0.1, 0.15) is 41.0 Å². The predicted molar refractivity (Wildman–Crippen MR) is 152 cm³/mol. The van der Waals surface area contributed by atoms with Gasteiger partial charge < -0.3 is 19.3 Å². The van der Waals surface area contributed by atoms with E-state index in [-0.39, 0.29) is 40.0 Å². The fourth-order valence-corrected chi connectivity index (χ4v) is 6.50. The van der Waals surface area contributed by atoms with Crippen LogP contribution >= 0.6 is 11.3 Å². The van der Waals surface area contributed by atoms with Crippen LogP contribution in [0.3, 0.4) is 0 Å². The first-order valence-electron chi connectivity index (χ1n) is 12.6. The number of benzene rings is 2. The van der Waals surface area contributed by atoms with E-state index in [1.807, 2.05) is 6.92 Å². The Balaban J connectivity index is 1.88. The third kappa shape index (κ3) is 5.55. The van der Waals surface area contributed by atoms with Crippen LogP contribution < -0.4 is 15.0 Å².